The third-order valence-electron chi connectivity index (χ3n) is 5.93. The Morgan fingerprint density at radius 1 is 0.971 bits per heavy atom. The first kappa shape index (κ1) is 24.5. The van der Waals surface area contributed by atoms with Crippen molar-refractivity contribution in [2.45, 2.75) is 59.1 Å². The number of rotatable bonds is 8. The van der Waals surface area contributed by atoms with Crippen LogP contribution < -0.4 is 4.74 Å². The molecule has 1 aromatic heterocycles. The van der Waals surface area contributed by atoms with Gasteiger partial charge in [0.05, 0.1) is 18.2 Å². The van der Waals surface area contributed by atoms with E-state index >= 15 is 0 Å². The van der Waals surface area contributed by atoms with Crippen LogP contribution in [0.15, 0.2) is 66.7 Å². The molecule has 4 aromatic rings. The van der Waals surface area contributed by atoms with Crippen molar-refractivity contribution >= 4 is 17.0 Å². The molecule has 0 spiro atoms. The Balaban J connectivity index is 1.66. The Hall–Kier alpha value is -3.60. The summed E-state index contributed by atoms with van der Waals surface area (Å²) in [6.07, 6.45) is 3.13. The summed E-state index contributed by atoms with van der Waals surface area (Å²) in [5.74, 6) is 1.60. The van der Waals surface area contributed by atoms with E-state index in [1.165, 1.54) is 0 Å². The van der Waals surface area contributed by atoms with Crippen LogP contribution in [0.3, 0.4) is 0 Å². The van der Waals surface area contributed by atoms with Crippen LogP contribution >= 0.6 is 0 Å². The van der Waals surface area contributed by atoms with Gasteiger partial charge < -0.3 is 14.0 Å². The molecule has 5 nitrogen and oxygen atoms in total. The summed E-state index contributed by atoms with van der Waals surface area (Å²) in [6.45, 7) is 8.54. The Morgan fingerprint density at radius 2 is 1.71 bits per heavy atom. The molecule has 0 aliphatic rings. The number of aryl methyl sites for hydroxylation is 1. The first-order valence-corrected chi connectivity index (χ1v) is 12.2. The number of hydrogen-bond donors (Lipinski definition) is 0. The molecular weight excluding hydrogens is 436 g/mol. The van der Waals surface area contributed by atoms with E-state index < -0.39 is 5.60 Å². The van der Waals surface area contributed by atoms with E-state index in [1.807, 2.05) is 63.2 Å². The molecule has 0 saturated heterocycles. The second-order valence-corrected chi connectivity index (χ2v) is 9.79. The fourth-order valence-corrected chi connectivity index (χ4v) is 4.28. The third kappa shape index (κ3) is 5.56. The summed E-state index contributed by atoms with van der Waals surface area (Å²) in [6, 6.07) is 22.0. The maximum atomic E-state index is 12.8. The minimum absolute atomic E-state index is 0.310. The van der Waals surface area contributed by atoms with Crippen LogP contribution in [0.5, 0.6) is 5.75 Å². The molecule has 1 heterocycles. The van der Waals surface area contributed by atoms with Crippen molar-refractivity contribution < 1.29 is 14.3 Å². The smallest absolute Gasteiger partial charge is 0.339 e. The molecule has 4 rings (SSSR count). The van der Waals surface area contributed by atoms with Gasteiger partial charge in [0, 0.05) is 13.0 Å². The molecule has 0 fully saturated rings. The number of benzene rings is 3. The topological polar surface area (TPSA) is 53.4 Å². The van der Waals surface area contributed by atoms with Crippen LogP contribution in [0.1, 0.15) is 62.3 Å². The Bertz CT molecular complexity index is 1310. The van der Waals surface area contributed by atoms with Gasteiger partial charge in [0.2, 0.25) is 0 Å². The average molecular weight is 471 g/mol. The zero-order valence-electron chi connectivity index (χ0n) is 21.3. The molecule has 35 heavy (non-hydrogen) atoms. The van der Waals surface area contributed by atoms with Crippen LogP contribution in [0.4, 0.5) is 0 Å². The second kappa shape index (κ2) is 10.3. The molecule has 0 aliphatic heterocycles. The van der Waals surface area contributed by atoms with Gasteiger partial charge in [-0.3, -0.25) is 0 Å². The van der Waals surface area contributed by atoms with E-state index in [4.69, 9.17) is 14.5 Å². The minimum atomic E-state index is -0.543. The zero-order chi connectivity index (χ0) is 25.0. The summed E-state index contributed by atoms with van der Waals surface area (Å²) in [4.78, 5) is 17.7. The van der Waals surface area contributed by atoms with E-state index in [0.717, 1.165) is 58.6 Å². The number of hydrogen-bond acceptors (Lipinski definition) is 4. The fourth-order valence-electron chi connectivity index (χ4n) is 4.28. The minimum Gasteiger partial charge on any atom is -0.494 e. The normalized spacial score (nSPS) is 11.6. The van der Waals surface area contributed by atoms with Gasteiger partial charge in [-0.05, 0) is 62.1 Å². The summed E-state index contributed by atoms with van der Waals surface area (Å²) >= 11 is 0. The Kier molecular flexibility index (Phi) is 7.25. The van der Waals surface area contributed by atoms with Crippen LogP contribution in [-0.2, 0) is 17.7 Å². The van der Waals surface area contributed by atoms with Crippen molar-refractivity contribution in [3.63, 3.8) is 0 Å². The number of ether oxygens (including phenoxy) is 2. The molecule has 0 amide bonds. The Labute approximate surface area is 207 Å². The lowest BCUT2D eigenvalue weighted by Crippen LogP contribution is -2.24. The summed E-state index contributed by atoms with van der Waals surface area (Å²) in [7, 11) is 1.70. The van der Waals surface area contributed by atoms with Crippen molar-refractivity contribution in [1.82, 2.24) is 9.55 Å². The number of aromatic nitrogens is 2. The van der Waals surface area contributed by atoms with E-state index in [1.54, 1.807) is 7.11 Å². The number of esters is 1. The van der Waals surface area contributed by atoms with Gasteiger partial charge in [-0.25, -0.2) is 9.78 Å². The van der Waals surface area contributed by atoms with Gasteiger partial charge in [-0.2, -0.15) is 0 Å². The van der Waals surface area contributed by atoms with Crippen molar-refractivity contribution in [2.75, 3.05) is 7.11 Å². The standard InChI is InChI=1S/C30H34N2O3/c1-6-7-15-27-31-25-13-10-14-26(34-5)28(25)32(27)20-21-16-18-22(19-17-21)23-11-8-9-12-24(23)29(33)35-30(2,3)4/h8-14,16-19H,6-7,15,20H2,1-5H3. The highest BCUT2D eigenvalue weighted by molar-refractivity contribution is 5.97. The lowest BCUT2D eigenvalue weighted by atomic mass is 9.98. The highest BCUT2D eigenvalue weighted by atomic mass is 16.6. The molecule has 182 valence electrons. The van der Waals surface area contributed by atoms with E-state index in [2.05, 4.69) is 35.8 Å². The zero-order valence-corrected chi connectivity index (χ0v) is 21.3. The average Bonchev–Trinajstić information content (AvgIpc) is 3.19. The van der Waals surface area contributed by atoms with Crippen molar-refractivity contribution in [3.8, 4) is 16.9 Å². The molecule has 0 saturated carbocycles. The first-order valence-electron chi connectivity index (χ1n) is 12.2. The van der Waals surface area contributed by atoms with Crippen molar-refractivity contribution in [3.05, 3.63) is 83.7 Å². The monoisotopic (exact) mass is 470 g/mol. The number of methoxy groups -OCH3 is 1. The lowest BCUT2D eigenvalue weighted by molar-refractivity contribution is 0.00704. The van der Waals surface area contributed by atoms with E-state index in [-0.39, 0.29) is 5.97 Å². The molecule has 0 unspecified atom stereocenters. The maximum absolute atomic E-state index is 12.8. The number of fused-ring (bicyclic) bond motifs is 1. The maximum Gasteiger partial charge on any atom is 0.339 e. The molecule has 0 radical (unpaired) electrons. The predicted molar refractivity (Wildman–Crippen MR) is 141 cm³/mol. The van der Waals surface area contributed by atoms with Gasteiger partial charge in [0.25, 0.3) is 0 Å². The molecule has 5 heteroatoms. The van der Waals surface area contributed by atoms with Crippen LogP contribution in [-0.4, -0.2) is 28.2 Å². The molecule has 0 N–H and O–H groups in total. The molecule has 0 atom stereocenters. The quantitative estimate of drug-likeness (QED) is 0.259. The van der Waals surface area contributed by atoms with Crippen molar-refractivity contribution in [1.29, 1.82) is 0 Å². The molecule has 0 aliphatic carbocycles. The summed E-state index contributed by atoms with van der Waals surface area (Å²) in [5, 5.41) is 0. The Morgan fingerprint density at radius 3 is 2.40 bits per heavy atom. The second-order valence-electron chi connectivity index (χ2n) is 9.79. The van der Waals surface area contributed by atoms with E-state index in [9.17, 15) is 4.79 Å². The first-order chi connectivity index (χ1) is 16.8. The van der Waals surface area contributed by atoms with Gasteiger partial charge >= 0.3 is 5.97 Å². The van der Waals surface area contributed by atoms with Gasteiger partial charge in [-0.1, -0.05) is 61.9 Å². The number of para-hydroxylation sites is 1. The van der Waals surface area contributed by atoms with Crippen molar-refractivity contribution in [2.24, 2.45) is 0 Å². The van der Waals surface area contributed by atoms with Crippen LogP contribution in [0.2, 0.25) is 0 Å². The van der Waals surface area contributed by atoms with Crippen LogP contribution in [0, 0.1) is 0 Å². The summed E-state index contributed by atoms with van der Waals surface area (Å²) in [5.41, 5.74) is 5.02. The number of carbonyl (C=O) groups excluding carboxylic acids is 1. The van der Waals surface area contributed by atoms with Gasteiger partial charge in [-0.15, -0.1) is 0 Å². The fraction of sp³-hybridized carbons (Fsp3) is 0.333. The highest BCUT2D eigenvalue weighted by Crippen LogP contribution is 2.30. The van der Waals surface area contributed by atoms with E-state index in [0.29, 0.717) is 12.1 Å². The number of nitrogens with zero attached hydrogens (tertiary/aromatic N) is 2. The summed E-state index contributed by atoms with van der Waals surface area (Å²) < 4.78 is 13.6. The predicted octanol–water partition coefficient (Wildman–Crippen LogP) is 7.06. The lowest BCUT2D eigenvalue weighted by Gasteiger charge is -2.20. The number of unbranched alkanes of at least 4 members (excludes halogenated alkanes) is 1. The molecular formula is C30H34N2O3. The molecule has 0 bridgehead atoms. The number of carbonyl (C=O) groups is 1. The highest BCUT2D eigenvalue weighted by Gasteiger charge is 2.21. The molecule has 3 aromatic carbocycles. The van der Waals surface area contributed by atoms with Gasteiger partial charge in [0.15, 0.2) is 0 Å². The SMILES string of the molecule is CCCCc1nc2cccc(OC)c2n1Cc1ccc(-c2ccccc2C(=O)OC(C)(C)C)cc1. The third-order valence-corrected chi connectivity index (χ3v) is 5.93. The van der Waals surface area contributed by atoms with Gasteiger partial charge in [0.1, 0.15) is 22.7 Å². The largest absolute Gasteiger partial charge is 0.494 e. The number of imidazole rings is 1. The van der Waals surface area contributed by atoms with Crippen LogP contribution in [0.25, 0.3) is 22.2 Å².